The first-order valence-corrected chi connectivity index (χ1v) is 4.91. The number of carboxylic acids is 1. The summed E-state index contributed by atoms with van der Waals surface area (Å²) in [5.74, 6) is -1.15. The average Bonchev–Trinajstić information content (AvgIpc) is 2.67. The van der Waals surface area contributed by atoms with Gasteiger partial charge in [0.25, 0.3) is 0 Å². The molecule has 2 aromatic rings. The molecule has 5 nitrogen and oxygen atoms in total. The number of rotatable bonds is 2. The van der Waals surface area contributed by atoms with Crippen molar-refractivity contribution in [3.63, 3.8) is 0 Å². The molecule has 0 atom stereocenters. The van der Waals surface area contributed by atoms with E-state index in [1.807, 2.05) is 24.3 Å². The van der Waals surface area contributed by atoms with Gasteiger partial charge in [-0.25, -0.2) is 4.79 Å². The van der Waals surface area contributed by atoms with Crippen LogP contribution in [0.2, 0.25) is 0 Å². The third kappa shape index (κ3) is 1.76. The van der Waals surface area contributed by atoms with Crippen LogP contribution in [0.25, 0.3) is 11.3 Å². The van der Waals surface area contributed by atoms with Gasteiger partial charge in [-0.3, -0.25) is 4.68 Å². The molecule has 0 saturated carbocycles. The number of carboxylic acid groups (broad SMARTS) is 1. The number of aryl methyl sites for hydroxylation is 1. The van der Waals surface area contributed by atoms with E-state index < -0.39 is 5.97 Å². The molecule has 0 saturated heterocycles. The largest absolute Gasteiger partial charge is 0.476 e. The smallest absolute Gasteiger partial charge is 0.355 e. The van der Waals surface area contributed by atoms with Crippen molar-refractivity contribution in [1.82, 2.24) is 9.78 Å². The quantitative estimate of drug-likeness (QED) is 0.846. The van der Waals surface area contributed by atoms with Crippen molar-refractivity contribution in [2.45, 2.75) is 0 Å². The van der Waals surface area contributed by atoms with E-state index >= 15 is 0 Å². The molecule has 1 aromatic carbocycles. The van der Waals surface area contributed by atoms with Gasteiger partial charge in [0.1, 0.15) is 17.3 Å². The SMILES string of the molecule is Cn1nc(-c2ccccc2)c(C#N)c1C(=O)O. The lowest BCUT2D eigenvalue weighted by Gasteiger charge is -1.95. The van der Waals surface area contributed by atoms with Gasteiger partial charge in [0.15, 0.2) is 5.69 Å². The first kappa shape index (κ1) is 10.9. The molecule has 1 heterocycles. The second kappa shape index (κ2) is 4.10. The van der Waals surface area contributed by atoms with Crippen molar-refractivity contribution in [1.29, 1.82) is 5.26 Å². The molecule has 0 aliphatic carbocycles. The topological polar surface area (TPSA) is 78.9 Å². The van der Waals surface area contributed by atoms with Crippen LogP contribution in [0.4, 0.5) is 0 Å². The summed E-state index contributed by atoms with van der Waals surface area (Å²) in [4.78, 5) is 11.0. The maximum Gasteiger partial charge on any atom is 0.355 e. The van der Waals surface area contributed by atoms with Crippen LogP contribution in [-0.4, -0.2) is 20.9 Å². The first-order chi connectivity index (χ1) is 8.15. The van der Waals surface area contributed by atoms with E-state index in [-0.39, 0.29) is 11.3 Å². The zero-order valence-corrected chi connectivity index (χ0v) is 9.08. The van der Waals surface area contributed by atoms with Crippen LogP contribution in [0.3, 0.4) is 0 Å². The van der Waals surface area contributed by atoms with Crippen molar-refractivity contribution >= 4 is 5.97 Å². The third-order valence-corrected chi connectivity index (χ3v) is 2.41. The Kier molecular flexibility index (Phi) is 2.63. The second-order valence-electron chi connectivity index (χ2n) is 3.48. The van der Waals surface area contributed by atoms with Gasteiger partial charge in [-0.05, 0) is 0 Å². The van der Waals surface area contributed by atoms with E-state index in [0.29, 0.717) is 5.69 Å². The van der Waals surface area contributed by atoms with E-state index in [4.69, 9.17) is 10.4 Å². The molecule has 1 aromatic heterocycles. The summed E-state index contributed by atoms with van der Waals surface area (Å²) in [7, 11) is 1.51. The Morgan fingerprint density at radius 3 is 2.59 bits per heavy atom. The molecule has 5 heteroatoms. The monoisotopic (exact) mass is 227 g/mol. The van der Waals surface area contributed by atoms with Crippen LogP contribution in [0.1, 0.15) is 16.1 Å². The highest BCUT2D eigenvalue weighted by molar-refractivity contribution is 5.91. The maximum absolute atomic E-state index is 11.0. The summed E-state index contributed by atoms with van der Waals surface area (Å²) in [5, 5.41) is 22.2. The number of benzene rings is 1. The van der Waals surface area contributed by atoms with Crippen molar-refractivity contribution in [2.24, 2.45) is 7.05 Å². The molecule has 0 unspecified atom stereocenters. The van der Waals surface area contributed by atoms with E-state index in [2.05, 4.69) is 5.10 Å². The molecule has 2 rings (SSSR count). The molecular weight excluding hydrogens is 218 g/mol. The third-order valence-electron chi connectivity index (χ3n) is 2.41. The molecule has 1 N–H and O–H groups in total. The second-order valence-corrected chi connectivity index (χ2v) is 3.48. The van der Waals surface area contributed by atoms with Gasteiger partial charge in [-0.2, -0.15) is 10.4 Å². The number of carbonyl (C=O) groups is 1. The summed E-state index contributed by atoms with van der Waals surface area (Å²) in [5.41, 5.74) is 1.12. The lowest BCUT2D eigenvalue weighted by atomic mass is 10.1. The normalized spacial score (nSPS) is 9.88. The standard InChI is InChI=1S/C12H9N3O2/c1-15-11(12(16)17)9(7-13)10(14-15)8-5-3-2-4-6-8/h2-6H,1H3,(H,16,17). The van der Waals surface area contributed by atoms with E-state index in [0.717, 1.165) is 5.56 Å². The van der Waals surface area contributed by atoms with Crippen LogP contribution in [0.15, 0.2) is 30.3 Å². The Bertz CT molecular complexity index is 609. The highest BCUT2D eigenvalue weighted by Crippen LogP contribution is 2.24. The van der Waals surface area contributed by atoms with Crippen LogP contribution >= 0.6 is 0 Å². The first-order valence-electron chi connectivity index (χ1n) is 4.91. The Hall–Kier alpha value is -2.61. The molecule has 17 heavy (non-hydrogen) atoms. The van der Waals surface area contributed by atoms with Gasteiger partial charge in [0, 0.05) is 12.6 Å². The summed E-state index contributed by atoms with van der Waals surface area (Å²) in [6.45, 7) is 0. The summed E-state index contributed by atoms with van der Waals surface area (Å²) < 4.78 is 1.21. The van der Waals surface area contributed by atoms with Crippen LogP contribution in [0, 0.1) is 11.3 Å². The van der Waals surface area contributed by atoms with Gasteiger partial charge in [0.2, 0.25) is 0 Å². The molecule has 0 radical (unpaired) electrons. The molecule has 0 aliphatic heterocycles. The van der Waals surface area contributed by atoms with Crippen molar-refractivity contribution in [2.75, 3.05) is 0 Å². The fourth-order valence-corrected chi connectivity index (χ4v) is 1.67. The number of hydrogen-bond donors (Lipinski definition) is 1. The van der Waals surface area contributed by atoms with Crippen molar-refractivity contribution < 1.29 is 9.90 Å². The van der Waals surface area contributed by atoms with Gasteiger partial charge < -0.3 is 5.11 Å². The molecule has 0 aliphatic rings. The Morgan fingerprint density at radius 2 is 2.06 bits per heavy atom. The molecule has 0 spiro atoms. The summed E-state index contributed by atoms with van der Waals surface area (Å²) >= 11 is 0. The zero-order chi connectivity index (χ0) is 12.4. The van der Waals surface area contributed by atoms with Crippen LogP contribution in [-0.2, 0) is 7.05 Å². The lowest BCUT2D eigenvalue weighted by Crippen LogP contribution is -2.06. The number of aromatic nitrogens is 2. The van der Waals surface area contributed by atoms with E-state index in [9.17, 15) is 4.79 Å². The van der Waals surface area contributed by atoms with Crippen molar-refractivity contribution in [3.05, 3.63) is 41.6 Å². The van der Waals surface area contributed by atoms with Crippen LogP contribution < -0.4 is 0 Å². The average molecular weight is 227 g/mol. The van der Waals surface area contributed by atoms with Gasteiger partial charge in [-0.15, -0.1) is 0 Å². The summed E-state index contributed by atoms with van der Waals surface area (Å²) in [6, 6.07) is 10.9. The van der Waals surface area contributed by atoms with E-state index in [1.165, 1.54) is 11.7 Å². The minimum atomic E-state index is -1.15. The minimum absolute atomic E-state index is 0.0891. The molecule has 0 amide bonds. The fourth-order valence-electron chi connectivity index (χ4n) is 1.67. The van der Waals surface area contributed by atoms with Gasteiger partial charge >= 0.3 is 5.97 Å². The Labute approximate surface area is 97.5 Å². The summed E-state index contributed by atoms with van der Waals surface area (Å²) in [6.07, 6.45) is 0. The highest BCUT2D eigenvalue weighted by atomic mass is 16.4. The van der Waals surface area contributed by atoms with Gasteiger partial charge in [-0.1, -0.05) is 30.3 Å². The number of aromatic carboxylic acids is 1. The van der Waals surface area contributed by atoms with Crippen molar-refractivity contribution in [3.8, 4) is 17.3 Å². The number of nitrogens with zero attached hydrogens (tertiary/aromatic N) is 3. The molecule has 84 valence electrons. The lowest BCUT2D eigenvalue weighted by molar-refractivity contribution is 0.0684. The van der Waals surface area contributed by atoms with E-state index in [1.54, 1.807) is 12.1 Å². The number of hydrogen-bond acceptors (Lipinski definition) is 3. The number of nitriles is 1. The zero-order valence-electron chi connectivity index (χ0n) is 9.08. The molecule has 0 fully saturated rings. The highest BCUT2D eigenvalue weighted by Gasteiger charge is 2.22. The predicted molar refractivity (Wildman–Crippen MR) is 60.3 cm³/mol. The Balaban J connectivity index is 2.70. The van der Waals surface area contributed by atoms with Gasteiger partial charge in [0.05, 0.1) is 0 Å². The maximum atomic E-state index is 11.0. The predicted octanol–water partition coefficient (Wildman–Crippen LogP) is 1.66. The molecular formula is C12H9N3O2. The minimum Gasteiger partial charge on any atom is -0.476 e. The Morgan fingerprint density at radius 1 is 1.41 bits per heavy atom. The fraction of sp³-hybridized carbons (Fsp3) is 0.0833. The van der Waals surface area contributed by atoms with Crippen LogP contribution in [0.5, 0.6) is 0 Å². The molecule has 0 bridgehead atoms.